The van der Waals surface area contributed by atoms with E-state index in [2.05, 4.69) is 36.4 Å². The lowest BCUT2D eigenvalue weighted by Crippen LogP contribution is -2.09. The predicted molar refractivity (Wildman–Crippen MR) is 100 cm³/mol. The quantitative estimate of drug-likeness (QED) is 0.711. The maximum atomic E-state index is 12.2. The Morgan fingerprint density at radius 3 is 2.72 bits per heavy atom. The van der Waals surface area contributed by atoms with Crippen LogP contribution in [0.15, 0.2) is 48.1 Å². The maximum Gasteiger partial charge on any atom is 0.265 e. The number of rotatable bonds is 6. The van der Waals surface area contributed by atoms with Gasteiger partial charge in [-0.3, -0.25) is 9.48 Å². The van der Waals surface area contributed by atoms with Crippen LogP contribution in [-0.4, -0.2) is 15.7 Å². The third kappa shape index (κ3) is 4.48. The molecule has 2 heterocycles. The molecule has 0 aliphatic carbocycles. The molecule has 0 unspecified atom stereocenters. The van der Waals surface area contributed by atoms with Gasteiger partial charge in [-0.25, -0.2) is 0 Å². The predicted octanol–water partition coefficient (Wildman–Crippen LogP) is 4.44. The zero-order valence-corrected chi connectivity index (χ0v) is 15.3. The summed E-state index contributed by atoms with van der Waals surface area (Å²) in [5.41, 5.74) is 2.95. The van der Waals surface area contributed by atoms with E-state index in [9.17, 15) is 4.79 Å². The third-order valence-electron chi connectivity index (χ3n) is 3.79. The topological polar surface area (TPSA) is 56.1 Å². The lowest BCUT2D eigenvalue weighted by molar-refractivity contribution is 0.103. The first-order valence-corrected chi connectivity index (χ1v) is 8.99. The first kappa shape index (κ1) is 17.2. The minimum atomic E-state index is -0.134. The van der Waals surface area contributed by atoms with Crippen molar-refractivity contribution in [1.82, 2.24) is 9.78 Å². The summed E-state index contributed by atoms with van der Waals surface area (Å²) in [6.45, 7) is 4.77. The van der Waals surface area contributed by atoms with Crippen molar-refractivity contribution >= 4 is 22.9 Å². The van der Waals surface area contributed by atoms with Crippen LogP contribution in [0.1, 0.15) is 40.6 Å². The molecular weight excluding hydrogens is 334 g/mol. The number of carbonyl (C=O) groups excluding carboxylic acids is 1. The van der Waals surface area contributed by atoms with Crippen LogP contribution in [0, 0.1) is 0 Å². The van der Waals surface area contributed by atoms with E-state index in [1.54, 1.807) is 17.1 Å². The molecule has 0 fully saturated rings. The number of nitrogens with one attached hydrogen (secondary N) is 1. The molecule has 3 rings (SSSR count). The van der Waals surface area contributed by atoms with Gasteiger partial charge in [0.2, 0.25) is 0 Å². The number of amides is 1. The highest BCUT2D eigenvalue weighted by Crippen LogP contribution is 2.21. The number of thiophene rings is 1. The first-order chi connectivity index (χ1) is 12.0. The van der Waals surface area contributed by atoms with E-state index in [-0.39, 0.29) is 5.91 Å². The number of benzene rings is 1. The smallest absolute Gasteiger partial charge is 0.265 e. The van der Waals surface area contributed by atoms with Crippen LogP contribution in [0.5, 0.6) is 5.75 Å². The number of anilines is 1. The number of aromatic nitrogens is 2. The SMILES string of the molecule is CC(C)c1ccc(OCc2csc(C(=O)Nc3cnn(C)c3)c2)cc1. The Kier molecular flexibility index (Phi) is 5.19. The van der Waals surface area contributed by atoms with Gasteiger partial charge in [0, 0.05) is 18.8 Å². The van der Waals surface area contributed by atoms with Crippen molar-refractivity contribution in [3.8, 4) is 5.75 Å². The molecule has 0 spiro atoms. The largest absolute Gasteiger partial charge is 0.489 e. The zero-order chi connectivity index (χ0) is 17.8. The van der Waals surface area contributed by atoms with Crippen molar-refractivity contribution in [1.29, 1.82) is 0 Å². The Balaban J connectivity index is 1.56. The molecule has 6 heteroatoms. The Bertz CT molecular complexity index is 850. The Morgan fingerprint density at radius 1 is 1.32 bits per heavy atom. The van der Waals surface area contributed by atoms with Gasteiger partial charge >= 0.3 is 0 Å². The summed E-state index contributed by atoms with van der Waals surface area (Å²) in [6.07, 6.45) is 3.38. The highest BCUT2D eigenvalue weighted by atomic mass is 32.1. The van der Waals surface area contributed by atoms with Crippen LogP contribution in [0.4, 0.5) is 5.69 Å². The minimum Gasteiger partial charge on any atom is -0.489 e. The summed E-state index contributed by atoms with van der Waals surface area (Å²) in [7, 11) is 1.81. The van der Waals surface area contributed by atoms with E-state index >= 15 is 0 Å². The summed E-state index contributed by atoms with van der Waals surface area (Å²) in [5.74, 6) is 1.20. The van der Waals surface area contributed by atoms with Crippen molar-refractivity contribution < 1.29 is 9.53 Å². The van der Waals surface area contributed by atoms with Crippen LogP contribution in [0.2, 0.25) is 0 Å². The molecule has 0 saturated heterocycles. The summed E-state index contributed by atoms with van der Waals surface area (Å²) in [4.78, 5) is 12.9. The Hall–Kier alpha value is -2.60. The van der Waals surface area contributed by atoms with Crippen molar-refractivity contribution in [2.75, 3.05) is 5.32 Å². The van der Waals surface area contributed by atoms with E-state index in [4.69, 9.17) is 4.74 Å². The summed E-state index contributed by atoms with van der Waals surface area (Å²) in [6, 6.07) is 10.00. The fourth-order valence-corrected chi connectivity index (χ4v) is 3.16. The van der Waals surface area contributed by atoms with E-state index in [1.165, 1.54) is 16.9 Å². The van der Waals surface area contributed by atoms with Crippen molar-refractivity contribution in [2.45, 2.75) is 26.4 Å². The molecule has 0 atom stereocenters. The highest BCUT2D eigenvalue weighted by Gasteiger charge is 2.11. The fraction of sp³-hybridized carbons (Fsp3) is 0.263. The Morgan fingerprint density at radius 2 is 2.08 bits per heavy atom. The highest BCUT2D eigenvalue weighted by molar-refractivity contribution is 7.12. The third-order valence-corrected chi connectivity index (χ3v) is 4.77. The van der Waals surface area contributed by atoms with Gasteiger partial charge < -0.3 is 10.1 Å². The van der Waals surface area contributed by atoms with Gasteiger partial charge in [0.25, 0.3) is 5.91 Å². The molecule has 1 N–H and O–H groups in total. The molecule has 0 saturated carbocycles. The van der Waals surface area contributed by atoms with Crippen molar-refractivity contribution in [2.24, 2.45) is 7.05 Å². The summed E-state index contributed by atoms with van der Waals surface area (Å²) in [5, 5.41) is 8.81. The van der Waals surface area contributed by atoms with Crippen LogP contribution < -0.4 is 10.1 Å². The van der Waals surface area contributed by atoms with Crippen LogP contribution in [0.25, 0.3) is 0 Å². The number of hydrogen-bond donors (Lipinski definition) is 1. The van der Waals surface area contributed by atoms with E-state index in [1.807, 2.05) is 30.6 Å². The zero-order valence-electron chi connectivity index (χ0n) is 14.5. The second kappa shape index (κ2) is 7.53. The number of ether oxygens (including phenoxy) is 1. The fourth-order valence-electron chi connectivity index (χ4n) is 2.36. The van der Waals surface area contributed by atoms with E-state index in [0.717, 1.165) is 11.3 Å². The first-order valence-electron chi connectivity index (χ1n) is 8.11. The standard InChI is InChI=1S/C19H21N3O2S/c1-13(2)15-4-6-17(7-5-15)24-11-14-8-18(25-12-14)19(23)21-16-9-20-22(3)10-16/h4-10,12-13H,11H2,1-3H3,(H,21,23). The molecule has 0 aliphatic rings. The maximum absolute atomic E-state index is 12.2. The normalized spacial score (nSPS) is 10.9. The second-order valence-corrected chi connectivity index (χ2v) is 7.10. The van der Waals surface area contributed by atoms with Gasteiger partial charge in [-0.05, 0) is 35.1 Å². The monoisotopic (exact) mass is 355 g/mol. The Labute approximate surface area is 151 Å². The average molecular weight is 355 g/mol. The molecule has 130 valence electrons. The lowest BCUT2D eigenvalue weighted by Gasteiger charge is -2.08. The molecule has 0 bridgehead atoms. The molecule has 3 aromatic rings. The van der Waals surface area contributed by atoms with Crippen molar-refractivity contribution in [3.05, 3.63) is 64.1 Å². The molecule has 25 heavy (non-hydrogen) atoms. The van der Waals surface area contributed by atoms with Crippen LogP contribution in [-0.2, 0) is 13.7 Å². The van der Waals surface area contributed by atoms with Gasteiger partial charge in [-0.2, -0.15) is 5.10 Å². The van der Waals surface area contributed by atoms with Crippen LogP contribution >= 0.6 is 11.3 Å². The molecule has 2 aromatic heterocycles. The molecule has 1 amide bonds. The second-order valence-electron chi connectivity index (χ2n) is 6.19. The van der Waals surface area contributed by atoms with Crippen LogP contribution in [0.3, 0.4) is 0 Å². The van der Waals surface area contributed by atoms with E-state index in [0.29, 0.717) is 23.1 Å². The number of carbonyl (C=O) groups is 1. The van der Waals surface area contributed by atoms with Gasteiger partial charge in [0.15, 0.2) is 0 Å². The van der Waals surface area contributed by atoms with Gasteiger partial charge in [-0.15, -0.1) is 11.3 Å². The number of hydrogen-bond acceptors (Lipinski definition) is 4. The summed E-state index contributed by atoms with van der Waals surface area (Å²) < 4.78 is 7.45. The summed E-state index contributed by atoms with van der Waals surface area (Å²) >= 11 is 1.41. The van der Waals surface area contributed by atoms with Gasteiger partial charge in [-0.1, -0.05) is 26.0 Å². The molecular formula is C19H21N3O2S. The molecule has 0 aliphatic heterocycles. The number of nitrogens with zero attached hydrogens (tertiary/aromatic N) is 2. The molecule has 1 aromatic carbocycles. The van der Waals surface area contributed by atoms with Gasteiger partial charge in [0.05, 0.1) is 16.8 Å². The number of aryl methyl sites for hydroxylation is 1. The average Bonchev–Trinajstić information content (AvgIpc) is 3.22. The minimum absolute atomic E-state index is 0.134. The lowest BCUT2D eigenvalue weighted by atomic mass is 10.0. The molecule has 0 radical (unpaired) electrons. The van der Waals surface area contributed by atoms with Gasteiger partial charge in [0.1, 0.15) is 12.4 Å². The van der Waals surface area contributed by atoms with E-state index < -0.39 is 0 Å². The molecule has 5 nitrogen and oxygen atoms in total. The van der Waals surface area contributed by atoms with Crippen molar-refractivity contribution in [3.63, 3.8) is 0 Å².